The summed E-state index contributed by atoms with van der Waals surface area (Å²) < 4.78 is 24.5. The number of hydrogen-bond donors (Lipinski definition) is 2. The first-order valence-corrected chi connectivity index (χ1v) is 6.06. The maximum Gasteiger partial charge on any atom is 0.268 e. The summed E-state index contributed by atoms with van der Waals surface area (Å²) in [6.45, 7) is -0.0802. The molecule has 100 valence electrons. The molecular formula is C12H10BrFN2O3. The predicted octanol–water partition coefficient (Wildman–Crippen LogP) is 2.36. The van der Waals surface area contributed by atoms with Crippen LogP contribution in [0.4, 0.5) is 4.39 Å². The average molecular weight is 329 g/mol. The molecule has 1 heterocycles. The third-order valence-corrected chi connectivity index (χ3v) is 2.87. The molecule has 0 unspecified atom stereocenters. The van der Waals surface area contributed by atoms with Gasteiger partial charge < -0.3 is 9.15 Å². The monoisotopic (exact) mass is 328 g/mol. The van der Waals surface area contributed by atoms with Crippen LogP contribution in [-0.2, 0) is 6.61 Å². The molecule has 1 aromatic carbocycles. The fraction of sp³-hybridized carbons (Fsp3) is 0.0833. The zero-order valence-corrected chi connectivity index (χ0v) is 11.2. The summed E-state index contributed by atoms with van der Waals surface area (Å²) in [5, 5.41) is 0. The molecule has 3 N–H and O–H groups in total. The smallest absolute Gasteiger partial charge is 0.268 e. The number of hydrazine groups is 1. The molecule has 1 amide bonds. The standard InChI is InChI=1S/C12H10BrFN2O3/c13-7-1-2-9(14)10(5-7)19-6-11-8(3-4-18-11)12(17)16-15/h1-5H,6,15H2,(H,16,17). The van der Waals surface area contributed by atoms with Crippen molar-refractivity contribution < 1.29 is 18.3 Å². The van der Waals surface area contributed by atoms with E-state index in [9.17, 15) is 9.18 Å². The quantitative estimate of drug-likeness (QED) is 0.513. The van der Waals surface area contributed by atoms with E-state index in [0.29, 0.717) is 4.47 Å². The molecule has 0 aliphatic carbocycles. The molecule has 0 fully saturated rings. The molecule has 0 bridgehead atoms. The van der Waals surface area contributed by atoms with E-state index >= 15 is 0 Å². The van der Waals surface area contributed by atoms with Crippen LogP contribution in [-0.4, -0.2) is 5.91 Å². The first-order chi connectivity index (χ1) is 9.11. The Morgan fingerprint density at radius 3 is 3.00 bits per heavy atom. The molecule has 0 aliphatic heterocycles. The molecule has 0 saturated carbocycles. The van der Waals surface area contributed by atoms with E-state index in [0.717, 1.165) is 0 Å². The Morgan fingerprint density at radius 2 is 2.26 bits per heavy atom. The maximum absolute atomic E-state index is 13.4. The van der Waals surface area contributed by atoms with Crippen LogP contribution in [0.15, 0.2) is 39.4 Å². The third kappa shape index (κ3) is 3.12. The van der Waals surface area contributed by atoms with E-state index in [1.807, 2.05) is 5.43 Å². The van der Waals surface area contributed by atoms with E-state index in [-0.39, 0.29) is 23.7 Å². The van der Waals surface area contributed by atoms with Crippen molar-refractivity contribution >= 4 is 21.8 Å². The van der Waals surface area contributed by atoms with Gasteiger partial charge >= 0.3 is 0 Å². The van der Waals surface area contributed by atoms with Crippen molar-refractivity contribution in [3.8, 4) is 5.75 Å². The molecule has 0 atom stereocenters. The number of carbonyl (C=O) groups is 1. The zero-order chi connectivity index (χ0) is 13.8. The Hall–Kier alpha value is -1.86. The number of nitrogen functional groups attached to an aromatic ring is 1. The van der Waals surface area contributed by atoms with Crippen LogP contribution in [0.2, 0.25) is 0 Å². The Kier molecular flexibility index (Phi) is 4.18. The number of amides is 1. The number of halogens is 2. The number of ether oxygens (including phenoxy) is 1. The van der Waals surface area contributed by atoms with Gasteiger partial charge in [0.2, 0.25) is 0 Å². The van der Waals surface area contributed by atoms with Crippen molar-refractivity contribution in [1.82, 2.24) is 5.43 Å². The van der Waals surface area contributed by atoms with Crippen molar-refractivity contribution in [3.05, 3.63) is 52.1 Å². The summed E-state index contributed by atoms with van der Waals surface area (Å²) >= 11 is 3.21. The summed E-state index contributed by atoms with van der Waals surface area (Å²) in [4.78, 5) is 11.4. The van der Waals surface area contributed by atoms with Gasteiger partial charge in [0, 0.05) is 4.47 Å². The van der Waals surface area contributed by atoms with Crippen LogP contribution in [0.1, 0.15) is 16.1 Å². The van der Waals surface area contributed by atoms with Gasteiger partial charge in [0.05, 0.1) is 11.8 Å². The lowest BCUT2D eigenvalue weighted by Crippen LogP contribution is -2.30. The topological polar surface area (TPSA) is 77.5 Å². The number of nitrogens with two attached hydrogens (primary N) is 1. The van der Waals surface area contributed by atoms with Gasteiger partial charge in [-0.1, -0.05) is 15.9 Å². The summed E-state index contributed by atoms with van der Waals surface area (Å²) in [5.41, 5.74) is 2.24. The summed E-state index contributed by atoms with van der Waals surface area (Å²) in [6.07, 6.45) is 1.33. The van der Waals surface area contributed by atoms with Crippen molar-refractivity contribution in [2.75, 3.05) is 0 Å². The third-order valence-electron chi connectivity index (χ3n) is 2.37. The van der Waals surface area contributed by atoms with Crippen LogP contribution < -0.4 is 16.0 Å². The minimum atomic E-state index is -0.500. The minimum absolute atomic E-state index is 0.0601. The fourth-order valence-electron chi connectivity index (χ4n) is 1.46. The van der Waals surface area contributed by atoms with Crippen LogP contribution in [0.5, 0.6) is 5.75 Å². The molecule has 5 nitrogen and oxygen atoms in total. The second-order valence-electron chi connectivity index (χ2n) is 3.59. The molecule has 2 aromatic rings. The van der Waals surface area contributed by atoms with Gasteiger partial charge in [-0.25, -0.2) is 10.2 Å². The Balaban J connectivity index is 2.13. The molecule has 1 aromatic heterocycles. The van der Waals surface area contributed by atoms with Crippen LogP contribution in [0.3, 0.4) is 0 Å². The number of carbonyl (C=O) groups excluding carboxylic acids is 1. The number of hydrogen-bond acceptors (Lipinski definition) is 4. The molecular weight excluding hydrogens is 319 g/mol. The number of nitrogens with one attached hydrogen (secondary N) is 1. The largest absolute Gasteiger partial charge is 0.483 e. The zero-order valence-electron chi connectivity index (χ0n) is 9.65. The SMILES string of the molecule is NNC(=O)c1ccoc1COc1cc(Br)ccc1F. The van der Waals surface area contributed by atoms with Gasteiger partial charge in [0.25, 0.3) is 5.91 Å². The summed E-state index contributed by atoms with van der Waals surface area (Å²) in [6, 6.07) is 5.77. The summed E-state index contributed by atoms with van der Waals surface area (Å²) in [5.74, 6) is 4.36. The van der Waals surface area contributed by atoms with E-state index in [1.165, 1.54) is 24.5 Å². The van der Waals surface area contributed by atoms with Crippen LogP contribution in [0.25, 0.3) is 0 Å². The highest BCUT2D eigenvalue weighted by Gasteiger charge is 2.15. The van der Waals surface area contributed by atoms with Crippen LogP contribution in [0, 0.1) is 5.82 Å². The molecule has 7 heteroatoms. The number of rotatable bonds is 4. The Bertz CT molecular complexity index is 600. The highest BCUT2D eigenvalue weighted by atomic mass is 79.9. The number of benzene rings is 1. The molecule has 0 spiro atoms. The minimum Gasteiger partial charge on any atom is -0.483 e. The molecule has 19 heavy (non-hydrogen) atoms. The Morgan fingerprint density at radius 1 is 1.47 bits per heavy atom. The van der Waals surface area contributed by atoms with Gasteiger partial charge in [0.1, 0.15) is 6.61 Å². The predicted molar refractivity (Wildman–Crippen MR) is 68.8 cm³/mol. The highest BCUT2D eigenvalue weighted by molar-refractivity contribution is 9.10. The van der Waals surface area contributed by atoms with Gasteiger partial charge in [-0.15, -0.1) is 0 Å². The van der Waals surface area contributed by atoms with Gasteiger partial charge in [0.15, 0.2) is 17.3 Å². The van der Waals surface area contributed by atoms with Gasteiger partial charge in [-0.3, -0.25) is 10.2 Å². The molecule has 2 rings (SSSR count). The highest BCUT2D eigenvalue weighted by Crippen LogP contribution is 2.23. The normalized spacial score (nSPS) is 10.3. The van der Waals surface area contributed by atoms with Crippen molar-refractivity contribution in [1.29, 1.82) is 0 Å². The summed E-state index contributed by atoms with van der Waals surface area (Å²) in [7, 11) is 0. The van der Waals surface area contributed by atoms with Crippen molar-refractivity contribution in [2.45, 2.75) is 6.61 Å². The molecule has 0 aliphatic rings. The first kappa shape index (κ1) is 13.6. The first-order valence-electron chi connectivity index (χ1n) is 5.27. The average Bonchev–Trinajstić information content (AvgIpc) is 2.87. The van der Waals surface area contributed by atoms with Crippen molar-refractivity contribution in [3.63, 3.8) is 0 Å². The number of furan rings is 1. The molecule has 0 radical (unpaired) electrons. The lowest BCUT2D eigenvalue weighted by molar-refractivity contribution is 0.0949. The van der Waals surface area contributed by atoms with Crippen molar-refractivity contribution in [2.24, 2.45) is 5.84 Å². The van der Waals surface area contributed by atoms with E-state index in [1.54, 1.807) is 6.07 Å². The molecule has 0 saturated heterocycles. The van der Waals surface area contributed by atoms with Gasteiger partial charge in [-0.05, 0) is 24.3 Å². The second kappa shape index (κ2) is 5.85. The van der Waals surface area contributed by atoms with Crippen LogP contribution >= 0.6 is 15.9 Å². The van der Waals surface area contributed by atoms with E-state index in [2.05, 4.69) is 15.9 Å². The lowest BCUT2D eigenvalue weighted by Gasteiger charge is -2.07. The van der Waals surface area contributed by atoms with E-state index < -0.39 is 11.7 Å². The lowest BCUT2D eigenvalue weighted by atomic mass is 10.2. The van der Waals surface area contributed by atoms with E-state index in [4.69, 9.17) is 15.0 Å². The maximum atomic E-state index is 13.4. The second-order valence-corrected chi connectivity index (χ2v) is 4.51. The van der Waals surface area contributed by atoms with Gasteiger partial charge in [-0.2, -0.15) is 0 Å². The Labute approximate surface area is 116 Å². The fourth-order valence-corrected chi connectivity index (χ4v) is 1.80.